The first-order valence-electron chi connectivity index (χ1n) is 12.7. The minimum Gasteiger partial charge on any atom is -0.481 e. The molecule has 0 unspecified atom stereocenters. The predicted molar refractivity (Wildman–Crippen MR) is 154 cm³/mol. The fourth-order valence-electron chi connectivity index (χ4n) is 4.91. The Morgan fingerprint density at radius 2 is 1.90 bits per heavy atom. The van der Waals surface area contributed by atoms with Crippen LogP contribution in [-0.4, -0.2) is 80.0 Å². The van der Waals surface area contributed by atoms with Crippen LogP contribution in [0.25, 0.3) is 11.7 Å². The zero-order valence-corrected chi connectivity index (χ0v) is 22.9. The van der Waals surface area contributed by atoms with Gasteiger partial charge in [0.15, 0.2) is 11.5 Å². The molecule has 11 nitrogen and oxygen atoms in total. The number of nitrogens with zero attached hydrogens (tertiary/aromatic N) is 5. The van der Waals surface area contributed by atoms with E-state index in [9.17, 15) is 14.4 Å². The summed E-state index contributed by atoms with van der Waals surface area (Å²) < 4.78 is 12.6. The number of anilines is 1. The molecule has 0 aliphatic carbocycles. The number of rotatable bonds is 7. The van der Waals surface area contributed by atoms with Crippen LogP contribution in [0.3, 0.4) is 0 Å². The SMILES string of the molecule is O=C(O)CCN1C(=O)/C(=C\c2c(N3CCN(Cc4ccc5c(c4)OCO5)CC3)nc3ccccn3c2=O)SC1=S. The molecule has 0 atom stereocenters. The van der Waals surface area contributed by atoms with Gasteiger partial charge >= 0.3 is 5.97 Å². The number of ether oxygens (including phenoxy) is 2. The number of benzene rings is 1. The van der Waals surface area contributed by atoms with E-state index in [0.29, 0.717) is 30.1 Å². The number of hydrogen-bond acceptors (Lipinski definition) is 10. The van der Waals surface area contributed by atoms with Gasteiger partial charge in [-0.25, -0.2) is 4.98 Å². The molecule has 206 valence electrons. The Kier molecular flexibility index (Phi) is 7.17. The number of aromatic nitrogens is 2. The van der Waals surface area contributed by atoms with Crippen LogP contribution in [0.15, 0.2) is 52.3 Å². The summed E-state index contributed by atoms with van der Waals surface area (Å²) in [4.78, 5) is 48.5. The van der Waals surface area contributed by atoms with E-state index in [0.717, 1.165) is 48.5 Å². The van der Waals surface area contributed by atoms with Crippen LogP contribution in [0.1, 0.15) is 17.5 Å². The van der Waals surface area contributed by atoms with Crippen LogP contribution in [0.5, 0.6) is 11.5 Å². The molecule has 40 heavy (non-hydrogen) atoms. The highest BCUT2D eigenvalue weighted by Gasteiger charge is 2.33. The Morgan fingerprint density at radius 3 is 2.70 bits per heavy atom. The monoisotopic (exact) mass is 579 g/mol. The second-order valence-electron chi connectivity index (χ2n) is 9.51. The second-order valence-corrected chi connectivity index (χ2v) is 11.2. The van der Waals surface area contributed by atoms with Crippen molar-refractivity contribution in [3.8, 4) is 11.5 Å². The lowest BCUT2D eigenvalue weighted by Crippen LogP contribution is -2.47. The summed E-state index contributed by atoms with van der Waals surface area (Å²) in [6.45, 7) is 3.75. The fourth-order valence-corrected chi connectivity index (χ4v) is 6.20. The molecule has 1 amide bonds. The summed E-state index contributed by atoms with van der Waals surface area (Å²) in [5, 5.41) is 9.03. The van der Waals surface area contributed by atoms with Gasteiger partial charge < -0.3 is 19.5 Å². The number of hydrogen-bond donors (Lipinski definition) is 1. The number of piperazine rings is 1. The largest absolute Gasteiger partial charge is 0.481 e. The number of carbonyl (C=O) groups excluding carboxylic acids is 1. The van der Waals surface area contributed by atoms with E-state index in [-0.39, 0.29) is 34.5 Å². The van der Waals surface area contributed by atoms with Crippen LogP contribution in [0.2, 0.25) is 0 Å². The maximum atomic E-state index is 13.6. The van der Waals surface area contributed by atoms with Gasteiger partial charge in [-0.1, -0.05) is 36.1 Å². The van der Waals surface area contributed by atoms with Crippen molar-refractivity contribution in [2.45, 2.75) is 13.0 Å². The van der Waals surface area contributed by atoms with Crippen LogP contribution in [0.4, 0.5) is 5.82 Å². The molecule has 3 aliphatic rings. The highest BCUT2D eigenvalue weighted by molar-refractivity contribution is 8.26. The van der Waals surface area contributed by atoms with Crippen LogP contribution < -0.4 is 19.9 Å². The Labute approximate surface area is 238 Å². The van der Waals surface area contributed by atoms with Crippen molar-refractivity contribution in [1.82, 2.24) is 19.2 Å². The molecule has 2 saturated heterocycles. The third-order valence-corrected chi connectivity index (χ3v) is 8.34. The number of fused-ring (bicyclic) bond motifs is 2. The van der Waals surface area contributed by atoms with Crippen molar-refractivity contribution in [2.75, 3.05) is 44.4 Å². The highest BCUT2D eigenvalue weighted by Crippen LogP contribution is 2.35. The average Bonchev–Trinajstić information content (AvgIpc) is 3.52. The Balaban J connectivity index is 1.26. The van der Waals surface area contributed by atoms with E-state index in [4.69, 9.17) is 31.8 Å². The van der Waals surface area contributed by atoms with Crippen molar-refractivity contribution in [3.05, 3.63) is 69.0 Å². The molecule has 13 heteroatoms. The van der Waals surface area contributed by atoms with Crippen LogP contribution in [0, 0.1) is 0 Å². The number of thiocarbonyl (C=S) groups is 1. The molecule has 0 spiro atoms. The molecule has 6 rings (SSSR count). The molecule has 5 heterocycles. The Bertz CT molecular complexity index is 1610. The third-order valence-electron chi connectivity index (χ3n) is 6.96. The zero-order chi connectivity index (χ0) is 27.8. The molecular weight excluding hydrogens is 554 g/mol. The number of carbonyl (C=O) groups is 2. The minimum atomic E-state index is -1.02. The smallest absolute Gasteiger partial charge is 0.305 e. The molecule has 1 N–H and O–H groups in total. The summed E-state index contributed by atoms with van der Waals surface area (Å²) in [6.07, 6.45) is 2.97. The number of carboxylic acids is 1. The first-order valence-corrected chi connectivity index (χ1v) is 13.9. The van der Waals surface area contributed by atoms with Crippen molar-refractivity contribution >= 4 is 57.7 Å². The van der Waals surface area contributed by atoms with E-state index in [2.05, 4.69) is 9.80 Å². The standard InChI is InChI=1S/C27H25N5O6S2/c33-23(34)6-8-32-26(36)21(40-27(32)39)14-18-24(28-22-3-1-2-7-31(22)25(18)35)30-11-9-29(10-12-30)15-17-4-5-19-20(13-17)38-16-37-19/h1-5,7,13-14H,6,8-12,15-16H2,(H,33,34)/b21-14+. The number of carboxylic acid groups (broad SMARTS) is 1. The molecule has 0 radical (unpaired) electrons. The van der Waals surface area contributed by atoms with Crippen LogP contribution in [-0.2, 0) is 16.1 Å². The minimum absolute atomic E-state index is 0.0233. The fraction of sp³-hybridized carbons (Fsp3) is 0.296. The molecular formula is C27H25N5O6S2. The Morgan fingerprint density at radius 1 is 1.10 bits per heavy atom. The molecule has 1 aromatic carbocycles. The molecule has 3 aliphatic heterocycles. The number of thioether (sulfide) groups is 1. The van der Waals surface area contributed by atoms with Crippen molar-refractivity contribution in [2.24, 2.45) is 0 Å². The summed E-state index contributed by atoms with van der Waals surface area (Å²) in [5.74, 6) is 0.599. The first-order chi connectivity index (χ1) is 19.4. The molecule has 0 bridgehead atoms. The molecule has 2 aromatic heterocycles. The molecule has 3 aromatic rings. The van der Waals surface area contributed by atoms with E-state index in [1.165, 1.54) is 9.30 Å². The predicted octanol–water partition coefficient (Wildman–Crippen LogP) is 2.42. The van der Waals surface area contributed by atoms with Gasteiger partial charge in [0.25, 0.3) is 11.5 Å². The quantitative estimate of drug-likeness (QED) is 0.329. The lowest BCUT2D eigenvalue weighted by atomic mass is 10.1. The van der Waals surface area contributed by atoms with Gasteiger partial charge in [0, 0.05) is 45.5 Å². The van der Waals surface area contributed by atoms with Gasteiger partial charge in [0.2, 0.25) is 6.79 Å². The summed E-state index contributed by atoms with van der Waals surface area (Å²) in [6, 6.07) is 11.3. The number of amides is 1. The van der Waals surface area contributed by atoms with Crippen molar-refractivity contribution < 1.29 is 24.2 Å². The van der Waals surface area contributed by atoms with Gasteiger partial charge in [-0.2, -0.15) is 0 Å². The average molecular weight is 580 g/mol. The van der Waals surface area contributed by atoms with E-state index < -0.39 is 11.9 Å². The maximum absolute atomic E-state index is 13.6. The Hall–Kier alpha value is -3.94. The highest BCUT2D eigenvalue weighted by atomic mass is 32.2. The summed E-state index contributed by atoms with van der Waals surface area (Å²) >= 11 is 6.39. The van der Waals surface area contributed by atoms with Crippen molar-refractivity contribution in [1.29, 1.82) is 0 Å². The number of aliphatic carboxylic acids is 1. The van der Waals surface area contributed by atoms with Gasteiger partial charge in [-0.15, -0.1) is 0 Å². The third kappa shape index (κ3) is 5.15. The lowest BCUT2D eigenvalue weighted by Gasteiger charge is -2.36. The zero-order valence-electron chi connectivity index (χ0n) is 21.3. The van der Waals surface area contributed by atoms with E-state index >= 15 is 0 Å². The second kappa shape index (κ2) is 10.9. The summed E-state index contributed by atoms with van der Waals surface area (Å²) in [5.41, 5.74) is 1.65. The summed E-state index contributed by atoms with van der Waals surface area (Å²) in [7, 11) is 0. The number of pyridine rings is 1. The van der Waals surface area contributed by atoms with Gasteiger partial charge in [-0.3, -0.25) is 28.6 Å². The van der Waals surface area contributed by atoms with Gasteiger partial charge in [0.1, 0.15) is 15.8 Å². The molecule has 0 saturated carbocycles. The van der Waals surface area contributed by atoms with E-state index in [1.54, 1.807) is 24.4 Å². The normalized spacial score (nSPS) is 18.4. The van der Waals surface area contributed by atoms with Crippen LogP contribution >= 0.6 is 24.0 Å². The van der Waals surface area contributed by atoms with Gasteiger partial charge in [-0.05, 0) is 35.9 Å². The first kappa shape index (κ1) is 26.3. The van der Waals surface area contributed by atoms with E-state index in [1.807, 2.05) is 24.3 Å². The topological polar surface area (TPSA) is 117 Å². The van der Waals surface area contributed by atoms with Gasteiger partial charge in [0.05, 0.1) is 16.9 Å². The maximum Gasteiger partial charge on any atom is 0.305 e. The lowest BCUT2D eigenvalue weighted by molar-refractivity contribution is -0.137. The van der Waals surface area contributed by atoms with Crippen molar-refractivity contribution in [3.63, 3.8) is 0 Å². The molecule has 2 fully saturated rings.